The highest BCUT2D eigenvalue weighted by Crippen LogP contribution is 2.39. The summed E-state index contributed by atoms with van der Waals surface area (Å²) >= 11 is 0. The molecule has 0 aromatic rings. The molecule has 0 aromatic heterocycles. The summed E-state index contributed by atoms with van der Waals surface area (Å²) in [7, 11) is 4.03. The molecule has 8 heteroatoms. The Hall–Kier alpha value is -1.22. The Morgan fingerprint density at radius 2 is 1.23 bits per heavy atom. The number of carbonyl (C=O) groups is 2. The van der Waals surface area contributed by atoms with Crippen molar-refractivity contribution in [1.82, 2.24) is 20.4 Å². The summed E-state index contributed by atoms with van der Waals surface area (Å²) in [5.41, 5.74) is 0. The van der Waals surface area contributed by atoms with Crippen LogP contribution in [0.1, 0.15) is 116 Å². The maximum atomic E-state index is 12.2. The number of hydrogen-bond donors (Lipinski definition) is 2. The number of nitrogens with one attached hydrogen (secondary N) is 2. The van der Waals surface area contributed by atoms with E-state index in [1.54, 1.807) is 0 Å². The average molecular weight is 649 g/mol. The zero-order valence-corrected chi connectivity index (χ0v) is 29.6. The van der Waals surface area contributed by atoms with Crippen LogP contribution in [0.2, 0.25) is 0 Å². The van der Waals surface area contributed by atoms with E-state index in [0.29, 0.717) is 12.8 Å². The highest BCUT2D eigenvalue weighted by Gasteiger charge is 2.17. The van der Waals surface area contributed by atoms with Crippen molar-refractivity contribution in [2.24, 2.45) is 0 Å². The minimum atomic E-state index is 0.213. The van der Waals surface area contributed by atoms with E-state index in [-0.39, 0.29) is 11.8 Å². The molecular formula is C36H64N4O2S2. The smallest absolute Gasteiger partial charge is 0.219 e. The molecule has 2 saturated heterocycles. The van der Waals surface area contributed by atoms with Gasteiger partial charge in [0, 0.05) is 63.1 Å². The van der Waals surface area contributed by atoms with Gasteiger partial charge in [-0.15, -0.1) is 0 Å². The Morgan fingerprint density at radius 3 is 1.82 bits per heavy atom. The molecule has 6 nitrogen and oxygen atoms in total. The van der Waals surface area contributed by atoms with Gasteiger partial charge in [0.2, 0.25) is 11.8 Å². The molecule has 44 heavy (non-hydrogen) atoms. The number of allylic oxidation sites excluding steroid dienone is 6. The monoisotopic (exact) mass is 648 g/mol. The van der Waals surface area contributed by atoms with Gasteiger partial charge in [0.1, 0.15) is 0 Å². The second-order valence-electron chi connectivity index (χ2n) is 12.3. The van der Waals surface area contributed by atoms with Gasteiger partial charge < -0.3 is 20.4 Å². The molecule has 2 heterocycles. The van der Waals surface area contributed by atoms with E-state index in [0.717, 1.165) is 115 Å². The van der Waals surface area contributed by atoms with Crippen LogP contribution in [-0.4, -0.2) is 85.0 Å². The van der Waals surface area contributed by atoms with Crippen LogP contribution in [0.5, 0.6) is 0 Å². The van der Waals surface area contributed by atoms with Crippen molar-refractivity contribution in [2.75, 3.05) is 58.1 Å². The van der Waals surface area contributed by atoms with Gasteiger partial charge in [0.05, 0.1) is 0 Å². The topological polar surface area (TPSA) is 64.7 Å². The lowest BCUT2D eigenvalue weighted by atomic mass is 10.1. The summed E-state index contributed by atoms with van der Waals surface area (Å²) < 4.78 is 0. The molecule has 2 aliphatic rings. The van der Waals surface area contributed by atoms with Crippen molar-refractivity contribution < 1.29 is 9.59 Å². The molecule has 0 radical (unpaired) electrons. The first-order valence-electron chi connectivity index (χ1n) is 17.9. The van der Waals surface area contributed by atoms with Crippen LogP contribution >= 0.6 is 21.6 Å². The minimum Gasteiger partial charge on any atom is -0.356 e. The van der Waals surface area contributed by atoms with E-state index >= 15 is 0 Å². The molecule has 2 aliphatic heterocycles. The minimum absolute atomic E-state index is 0.213. The summed E-state index contributed by atoms with van der Waals surface area (Å²) in [6.45, 7) is 10.3. The van der Waals surface area contributed by atoms with Crippen molar-refractivity contribution in [1.29, 1.82) is 0 Å². The molecule has 0 aromatic carbocycles. The summed E-state index contributed by atoms with van der Waals surface area (Å²) in [5, 5.41) is 7.06. The first-order valence-corrected chi connectivity index (χ1v) is 20.3. The molecule has 0 saturated carbocycles. The molecule has 1 atom stereocenters. The summed E-state index contributed by atoms with van der Waals surface area (Å²) in [5.74, 6) is 1.73. The van der Waals surface area contributed by atoms with Crippen LogP contribution in [0.25, 0.3) is 0 Å². The van der Waals surface area contributed by atoms with Crippen LogP contribution < -0.4 is 10.6 Å². The standard InChI is InChI=1S/C36H64N4O2S2/c1-2-3-4-5-6-7-8-9-10-11-12-13-14-15-16-22-35(41)37-25-19-27-39-29-31-40(32-30-39)28-20-26-38-36(42)23-18-17-21-34-24-33-43-44-34/h3-4,6-7,9-10,34H,2,5,8,11-33H2,1H3,(H,37,41)(H,38,42)/b4-3+,7-6+,10-9+/t34-/m1/s1. The molecule has 0 aliphatic carbocycles. The van der Waals surface area contributed by atoms with Gasteiger partial charge in [0.15, 0.2) is 0 Å². The van der Waals surface area contributed by atoms with Crippen molar-refractivity contribution >= 4 is 33.4 Å². The number of piperazine rings is 1. The van der Waals surface area contributed by atoms with Crippen LogP contribution in [0.3, 0.4) is 0 Å². The van der Waals surface area contributed by atoms with E-state index < -0.39 is 0 Å². The van der Waals surface area contributed by atoms with Gasteiger partial charge in [-0.25, -0.2) is 0 Å². The number of rotatable bonds is 26. The third kappa shape index (κ3) is 22.3. The summed E-state index contributed by atoms with van der Waals surface area (Å²) in [6.07, 6.45) is 31.9. The van der Waals surface area contributed by atoms with Crippen molar-refractivity contribution in [3.63, 3.8) is 0 Å². The number of nitrogens with zero attached hydrogens (tertiary/aromatic N) is 2. The fraction of sp³-hybridized carbons (Fsp3) is 0.778. The fourth-order valence-corrected chi connectivity index (χ4v) is 8.63. The quantitative estimate of drug-likeness (QED) is 0.0565. The lowest BCUT2D eigenvalue weighted by Crippen LogP contribution is -2.47. The molecule has 2 amide bonds. The molecule has 2 rings (SSSR count). The van der Waals surface area contributed by atoms with Crippen LogP contribution in [-0.2, 0) is 9.59 Å². The zero-order chi connectivity index (χ0) is 31.3. The molecule has 2 fully saturated rings. The highest BCUT2D eigenvalue weighted by molar-refractivity contribution is 8.77. The Labute approximate surface area is 278 Å². The number of hydrogen-bond acceptors (Lipinski definition) is 6. The Kier molecular flexibility index (Phi) is 24.8. The largest absolute Gasteiger partial charge is 0.356 e. The maximum absolute atomic E-state index is 12.2. The number of carbonyl (C=O) groups excluding carboxylic acids is 2. The predicted molar refractivity (Wildman–Crippen MR) is 194 cm³/mol. The van der Waals surface area contributed by atoms with E-state index in [9.17, 15) is 9.59 Å². The average Bonchev–Trinajstić information content (AvgIpc) is 3.56. The van der Waals surface area contributed by atoms with Gasteiger partial charge in [-0.1, -0.05) is 90.7 Å². The van der Waals surface area contributed by atoms with E-state index in [2.05, 4.69) is 63.8 Å². The highest BCUT2D eigenvalue weighted by atomic mass is 33.1. The van der Waals surface area contributed by atoms with Gasteiger partial charge in [0.25, 0.3) is 0 Å². The lowest BCUT2D eigenvalue weighted by molar-refractivity contribution is -0.122. The van der Waals surface area contributed by atoms with Crippen LogP contribution in [0.4, 0.5) is 0 Å². The van der Waals surface area contributed by atoms with Crippen molar-refractivity contribution in [2.45, 2.75) is 121 Å². The Morgan fingerprint density at radius 1 is 0.682 bits per heavy atom. The van der Waals surface area contributed by atoms with Crippen molar-refractivity contribution in [3.05, 3.63) is 36.5 Å². The van der Waals surface area contributed by atoms with Crippen molar-refractivity contribution in [3.8, 4) is 0 Å². The van der Waals surface area contributed by atoms with Gasteiger partial charge in [-0.2, -0.15) is 0 Å². The molecule has 252 valence electrons. The van der Waals surface area contributed by atoms with Crippen LogP contribution in [0.15, 0.2) is 36.5 Å². The van der Waals surface area contributed by atoms with E-state index in [1.165, 1.54) is 44.3 Å². The fourth-order valence-electron chi connectivity index (χ4n) is 5.60. The van der Waals surface area contributed by atoms with E-state index in [4.69, 9.17) is 0 Å². The van der Waals surface area contributed by atoms with Crippen LogP contribution in [0, 0.1) is 0 Å². The third-order valence-electron chi connectivity index (χ3n) is 8.37. The van der Waals surface area contributed by atoms with Gasteiger partial charge >= 0.3 is 0 Å². The molecule has 0 unspecified atom stereocenters. The zero-order valence-electron chi connectivity index (χ0n) is 28.0. The summed E-state index contributed by atoms with van der Waals surface area (Å²) in [6, 6.07) is 0. The molecule has 0 bridgehead atoms. The first kappa shape index (κ1) is 39.0. The lowest BCUT2D eigenvalue weighted by Gasteiger charge is -2.34. The third-order valence-corrected chi connectivity index (χ3v) is 11.4. The molecule has 0 spiro atoms. The maximum Gasteiger partial charge on any atom is 0.219 e. The van der Waals surface area contributed by atoms with E-state index in [1.807, 2.05) is 21.6 Å². The SMILES string of the molecule is CC/C=C/C/C=C/C/C=C/CCCCCCCC(=O)NCCCN1CCN(CCCNC(=O)CCCC[C@@H]2CCSS2)CC1. The normalized spacial score (nSPS) is 18.2. The molecule has 2 N–H and O–H groups in total. The Bertz CT molecular complexity index is 806. The second-order valence-corrected chi connectivity index (χ2v) is 15.1. The Balaban J connectivity index is 1.31. The predicted octanol–water partition coefficient (Wildman–Crippen LogP) is 7.92. The number of unbranched alkanes of at least 4 members (excludes halogenated alkanes) is 6. The second kappa shape index (κ2) is 28.0. The first-order chi connectivity index (χ1) is 21.7. The van der Waals surface area contributed by atoms with Gasteiger partial charge in [-0.3, -0.25) is 9.59 Å². The summed E-state index contributed by atoms with van der Waals surface area (Å²) in [4.78, 5) is 29.3. The molecular weight excluding hydrogens is 585 g/mol. The number of amides is 2. The van der Waals surface area contributed by atoms with Gasteiger partial charge in [-0.05, 0) is 83.7 Å².